The van der Waals surface area contributed by atoms with Crippen LogP contribution < -0.4 is 16.6 Å². The second-order valence-corrected chi connectivity index (χ2v) is 6.10. The van der Waals surface area contributed by atoms with E-state index in [1.165, 1.54) is 6.42 Å². The van der Waals surface area contributed by atoms with Crippen LogP contribution in [0.3, 0.4) is 0 Å². The van der Waals surface area contributed by atoms with Crippen molar-refractivity contribution >= 4 is 29.2 Å². The summed E-state index contributed by atoms with van der Waals surface area (Å²) in [5, 5.41) is 14.2. The fourth-order valence-corrected chi connectivity index (χ4v) is 3.16. The van der Waals surface area contributed by atoms with Gasteiger partial charge >= 0.3 is 5.69 Å². The molecule has 1 saturated carbocycles. The van der Waals surface area contributed by atoms with E-state index < -0.39 is 4.92 Å². The monoisotopic (exact) mass is 298 g/mol. The second kappa shape index (κ2) is 5.80. The summed E-state index contributed by atoms with van der Waals surface area (Å²) >= 11 is 1.79. The van der Waals surface area contributed by atoms with Crippen LogP contribution in [0.25, 0.3) is 0 Å². The van der Waals surface area contributed by atoms with Crippen molar-refractivity contribution in [2.24, 2.45) is 5.84 Å². The van der Waals surface area contributed by atoms with Crippen molar-refractivity contribution in [2.45, 2.75) is 30.9 Å². The molecule has 0 aliphatic heterocycles. The van der Waals surface area contributed by atoms with Crippen LogP contribution in [0.4, 0.5) is 17.5 Å². The molecule has 0 atom stereocenters. The van der Waals surface area contributed by atoms with Crippen LogP contribution in [0.1, 0.15) is 25.0 Å². The number of aromatic nitrogens is 2. The number of anilines is 2. The van der Waals surface area contributed by atoms with E-state index in [0.29, 0.717) is 6.54 Å². The number of nitrogens with one attached hydrogen (secondary N) is 2. The number of hydrazine groups is 1. The van der Waals surface area contributed by atoms with Crippen LogP contribution in [0, 0.1) is 17.0 Å². The Morgan fingerprint density at radius 1 is 1.50 bits per heavy atom. The lowest BCUT2D eigenvalue weighted by atomic mass is 9.84. The number of rotatable bonds is 6. The zero-order chi connectivity index (χ0) is 14.8. The van der Waals surface area contributed by atoms with Gasteiger partial charge in [-0.2, -0.15) is 16.7 Å². The van der Waals surface area contributed by atoms with Crippen molar-refractivity contribution in [3.05, 3.63) is 15.8 Å². The zero-order valence-corrected chi connectivity index (χ0v) is 12.3. The number of nitrogens with zero attached hydrogens (tertiary/aromatic N) is 3. The molecule has 1 aliphatic carbocycles. The first-order chi connectivity index (χ1) is 9.51. The lowest BCUT2D eigenvalue weighted by molar-refractivity contribution is -0.385. The van der Waals surface area contributed by atoms with E-state index in [-0.39, 0.29) is 27.9 Å². The van der Waals surface area contributed by atoms with E-state index in [0.717, 1.165) is 12.8 Å². The first-order valence-corrected chi connectivity index (χ1v) is 7.52. The minimum absolute atomic E-state index is 0.0976. The Kier molecular flexibility index (Phi) is 4.29. The summed E-state index contributed by atoms with van der Waals surface area (Å²) in [6.07, 6.45) is 5.48. The fraction of sp³-hybridized carbons (Fsp3) is 0.636. The molecule has 0 aromatic carbocycles. The molecule has 1 aliphatic rings. The van der Waals surface area contributed by atoms with Gasteiger partial charge in [-0.15, -0.1) is 0 Å². The average molecular weight is 298 g/mol. The van der Waals surface area contributed by atoms with E-state index in [4.69, 9.17) is 5.84 Å². The molecular weight excluding hydrogens is 280 g/mol. The van der Waals surface area contributed by atoms with Crippen molar-refractivity contribution in [2.75, 3.05) is 23.5 Å². The van der Waals surface area contributed by atoms with E-state index in [9.17, 15) is 10.1 Å². The summed E-state index contributed by atoms with van der Waals surface area (Å²) in [7, 11) is 0. The highest BCUT2D eigenvalue weighted by atomic mass is 32.2. The van der Waals surface area contributed by atoms with Crippen molar-refractivity contribution in [3.8, 4) is 0 Å². The summed E-state index contributed by atoms with van der Waals surface area (Å²) < 4.78 is 0.156. The van der Waals surface area contributed by atoms with Gasteiger partial charge in [0.1, 0.15) is 5.69 Å². The smallest absolute Gasteiger partial charge is 0.332 e. The van der Waals surface area contributed by atoms with Crippen molar-refractivity contribution in [3.63, 3.8) is 0 Å². The van der Waals surface area contributed by atoms with Gasteiger partial charge in [-0.3, -0.25) is 15.5 Å². The van der Waals surface area contributed by atoms with E-state index in [2.05, 4.69) is 27.0 Å². The van der Waals surface area contributed by atoms with E-state index in [1.54, 1.807) is 18.7 Å². The number of hydrogen-bond acceptors (Lipinski definition) is 8. The maximum atomic E-state index is 11.1. The predicted octanol–water partition coefficient (Wildman–Crippen LogP) is 1.68. The molecule has 0 unspecified atom stereocenters. The Labute approximate surface area is 121 Å². The summed E-state index contributed by atoms with van der Waals surface area (Å²) in [6.45, 7) is 2.22. The molecule has 2 rings (SSSR count). The maximum Gasteiger partial charge on any atom is 0.332 e. The highest BCUT2D eigenvalue weighted by molar-refractivity contribution is 8.00. The lowest BCUT2D eigenvalue weighted by Gasteiger charge is -2.40. The Balaban J connectivity index is 2.24. The van der Waals surface area contributed by atoms with Crippen LogP contribution in [-0.2, 0) is 0 Å². The second-order valence-electron chi connectivity index (χ2n) is 4.83. The van der Waals surface area contributed by atoms with Gasteiger partial charge < -0.3 is 5.32 Å². The molecule has 0 amide bonds. The first kappa shape index (κ1) is 14.8. The van der Waals surface area contributed by atoms with Crippen molar-refractivity contribution < 1.29 is 4.92 Å². The minimum atomic E-state index is -0.468. The van der Waals surface area contributed by atoms with Crippen LogP contribution in [0.2, 0.25) is 0 Å². The number of nitro groups is 1. The van der Waals surface area contributed by atoms with Gasteiger partial charge in [0.2, 0.25) is 11.8 Å². The normalized spacial score (nSPS) is 16.4. The number of hydrogen-bond donors (Lipinski definition) is 3. The molecule has 1 aromatic heterocycles. The molecule has 1 fully saturated rings. The number of nitrogens with two attached hydrogens (primary N) is 1. The molecule has 1 heterocycles. The van der Waals surface area contributed by atoms with Gasteiger partial charge in [-0.25, -0.2) is 10.8 Å². The molecular formula is C11H18N6O2S. The summed E-state index contributed by atoms with van der Waals surface area (Å²) in [5.41, 5.74) is 2.51. The predicted molar refractivity (Wildman–Crippen MR) is 79.8 cm³/mol. The summed E-state index contributed by atoms with van der Waals surface area (Å²) in [4.78, 5) is 18.7. The topological polar surface area (TPSA) is 119 Å². The third-order valence-electron chi connectivity index (χ3n) is 3.65. The number of aryl methyl sites for hydroxylation is 1. The standard InChI is InChI=1S/C11H18N6O2S/c1-7-8(17(18)19)9(15-10(14-7)16-12)13-6-11(20-2)4-3-5-11/h3-6,12H2,1-2H3,(H2,13,14,15,16). The largest absolute Gasteiger partial charge is 0.363 e. The Morgan fingerprint density at radius 3 is 2.65 bits per heavy atom. The van der Waals surface area contributed by atoms with E-state index in [1.807, 2.05) is 0 Å². The van der Waals surface area contributed by atoms with Gasteiger partial charge in [0.05, 0.1) is 4.92 Å². The molecule has 8 nitrogen and oxygen atoms in total. The summed E-state index contributed by atoms with van der Waals surface area (Å²) in [6, 6.07) is 0. The third kappa shape index (κ3) is 2.78. The molecule has 0 bridgehead atoms. The summed E-state index contributed by atoms with van der Waals surface area (Å²) in [5.74, 6) is 5.67. The molecule has 9 heteroatoms. The molecule has 0 spiro atoms. The van der Waals surface area contributed by atoms with Gasteiger partial charge in [0.25, 0.3) is 0 Å². The van der Waals surface area contributed by atoms with Gasteiger partial charge in [0.15, 0.2) is 0 Å². The number of nitrogen functional groups attached to an aromatic ring is 1. The molecule has 0 radical (unpaired) electrons. The van der Waals surface area contributed by atoms with Gasteiger partial charge in [0, 0.05) is 11.3 Å². The average Bonchev–Trinajstić information content (AvgIpc) is 2.36. The molecule has 4 N–H and O–H groups in total. The first-order valence-electron chi connectivity index (χ1n) is 6.30. The van der Waals surface area contributed by atoms with Crippen LogP contribution in [0.15, 0.2) is 0 Å². The minimum Gasteiger partial charge on any atom is -0.363 e. The molecule has 1 aromatic rings. The molecule has 20 heavy (non-hydrogen) atoms. The number of thioether (sulfide) groups is 1. The SMILES string of the molecule is CSC1(CNc2nc(NN)nc(C)c2[N+](=O)[O-])CCC1. The highest BCUT2D eigenvalue weighted by Crippen LogP contribution is 2.43. The zero-order valence-electron chi connectivity index (χ0n) is 11.5. The Bertz CT molecular complexity index is 514. The third-order valence-corrected chi connectivity index (χ3v) is 5.06. The fourth-order valence-electron chi connectivity index (χ4n) is 2.24. The van der Waals surface area contributed by atoms with Crippen molar-refractivity contribution in [1.82, 2.24) is 9.97 Å². The van der Waals surface area contributed by atoms with Crippen molar-refractivity contribution in [1.29, 1.82) is 0 Å². The Hall–Kier alpha value is -1.61. The van der Waals surface area contributed by atoms with Crippen LogP contribution in [0.5, 0.6) is 0 Å². The Morgan fingerprint density at radius 2 is 2.20 bits per heavy atom. The lowest BCUT2D eigenvalue weighted by Crippen LogP contribution is -2.40. The quantitative estimate of drug-likeness (QED) is 0.412. The van der Waals surface area contributed by atoms with Crippen LogP contribution in [-0.4, -0.2) is 32.4 Å². The maximum absolute atomic E-state index is 11.1. The molecule has 110 valence electrons. The molecule has 0 saturated heterocycles. The highest BCUT2D eigenvalue weighted by Gasteiger charge is 2.36. The van der Waals surface area contributed by atoms with Gasteiger partial charge in [-0.1, -0.05) is 6.42 Å². The van der Waals surface area contributed by atoms with Gasteiger partial charge in [-0.05, 0) is 26.0 Å². The van der Waals surface area contributed by atoms with E-state index >= 15 is 0 Å². The van der Waals surface area contributed by atoms with Crippen LogP contribution >= 0.6 is 11.8 Å².